The van der Waals surface area contributed by atoms with E-state index in [1.165, 1.54) is 32.1 Å². The Balaban J connectivity index is 0.000000860. The van der Waals surface area contributed by atoms with Crippen LogP contribution in [0.4, 0.5) is 0 Å². The summed E-state index contributed by atoms with van der Waals surface area (Å²) in [6.45, 7) is 8.98. The first-order valence-electron chi connectivity index (χ1n) is 11.4. The molecule has 2 N–H and O–H groups in total. The van der Waals surface area contributed by atoms with Gasteiger partial charge < -0.3 is 19.7 Å². The maximum atomic E-state index is 13.0. The molecule has 0 radical (unpaired) electrons. The minimum absolute atomic E-state index is 0. The van der Waals surface area contributed by atoms with Crippen molar-refractivity contribution in [1.82, 2.24) is 15.1 Å². The van der Waals surface area contributed by atoms with Gasteiger partial charge in [0.1, 0.15) is 5.58 Å². The van der Waals surface area contributed by atoms with Gasteiger partial charge in [0.25, 0.3) is 5.91 Å². The number of nitrogens with zero attached hydrogens (tertiary/aromatic N) is 2. The zero-order valence-electron chi connectivity index (χ0n) is 19.5. The second-order valence-corrected chi connectivity index (χ2v) is 9.69. The van der Waals surface area contributed by atoms with Crippen molar-refractivity contribution in [2.45, 2.75) is 51.5 Å². The number of carbonyl (C=O) groups is 1. The van der Waals surface area contributed by atoms with Crippen molar-refractivity contribution in [2.24, 2.45) is 0 Å². The molecule has 1 aromatic carbocycles. The number of hydrogen-bond acceptors (Lipinski definition) is 5. The van der Waals surface area contributed by atoms with E-state index >= 15 is 0 Å². The van der Waals surface area contributed by atoms with E-state index in [1.807, 2.05) is 25.1 Å². The lowest BCUT2D eigenvalue weighted by molar-refractivity contribution is 0.0136. The number of halogens is 2. The third-order valence-corrected chi connectivity index (χ3v) is 7.13. The summed E-state index contributed by atoms with van der Waals surface area (Å²) in [5.74, 6) is 0.348. The zero-order chi connectivity index (χ0) is 22.4. The van der Waals surface area contributed by atoms with Gasteiger partial charge in [0, 0.05) is 60.3 Å². The Labute approximate surface area is 206 Å². The van der Waals surface area contributed by atoms with Crippen LogP contribution >= 0.6 is 28.3 Å². The molecule has 6 nitrogen and oxygen atoms in total. The molecular formula is C24H37BrClN3O3. The second kappa shape index (κ2) is 12.4. The lowest BCUT2D eigenvalue weighted by Crippen LogP contribution is -2.61. The lowest BCUT2D eigenvalue weighted by atomic mass is 9.79. The maximum absolute atomic E-state index is 13.0. The van der Waals surface area contributed by atoms with Crippen molar-refractivity contribution in [2.75, 3.05) is 46.4 Å². The van der Waals surface area contributed by atoms with Crippen molar-refractivity contribution in [3.05, 3.63) is 34.0 Å². The average molecular weight is 531 g/mol. The maximum Gasteiger partial charge on any atom is 0.287 e. The van der Waals surface area contributed by atoms with Crippen molar-refractivity contribution in [3.8, 4) is 0 Å². The van der Waals surface area contributed by atoms with Crippen LogP contribution in [0.1, 0.15) is 55.1 Å². The molecule has 1 aliphatic heterocycles. The summed E-state index contributed by atoms with van der Waals surface area (Å²) in [5.41, 5.74) is 1.77. The number of furan rings is 1. The summed E-state index contributed by atoms with van der Waals surface area (Å²) in [5, 5.41) is 11.8. The van der Waals surface area contributed by atoms with Crippen LogP contribution in [0.15, 0.2) is 27.1 Å². The topological polar surface area (TPSA) is 69.0 Å². The molecular weight excluding hydrogens is 494 g/mol. The van der Waals surface area contributed by atoms with Crippen molar-refractivity contribution in [1.29, 1.82) is 0 Å². The molecule has 1 aromatic heterocycles. The number of piperazine rings is 1. The van der Waals surface area contributed by atoms with Crippen molar-refractivity contribution in [3.63, 3.8) is 0 Å². The Kier molecular flexibility index (Phi) is 10.5. The largest absolute Gasteiger partial charge is 0.451 e. The number of aliphatic hydroxyl groups is 1. The summed E-state index contributed by atoms with van der Waals surface area (Å²) < 4.78 is 6.89. The van der Waals surface area contributed by atoms with Crippen LogP contribution in [0.2, 0.25) is 0 Å². The summed E-state index contributed by atoms with van der Waals surface area (Å²) in [4.78, 5) is 18.0. The molecule has 32 heavy (non-hydrogen) atoms. The fourth-order valence-electron chi connectivity index (χ4n) is 4.83. The van der Waals surface area contributed by atoms with Gasteiger partial charge in [-0.2, -0.15) is 0 Å². The average Bonchev–Trinajstić information content (AvgIpc) is 3.10. The fraction of sp³-hybridized carbons (Fsp3) is 0.625. The molecule has 1 saturated carbocycles. The number of aliphatic hydroxyl groups excluding tert-OH is 1. The predicted octanol–water partition coefficient (Wildman–Crippen LogP) is 4.60. The Hall–Kier alpha value is -1.12. The lowest BCUT2D eigenvalue weighted by Gasteiger charge is -2.49. The molecule has 2 aromatic rings. The fourth-order valence-corrected chi connectivity index (χ4v) is 5.19. The smallest absolute Gasteiger partial charge is 0.287 e. The number of nitrogens with one attached hydrogen (secondary N) is 1. The zero-order valence-corrected chi connectivity index (χ0v) is 21.9. The van der Waals surface area contributed by atoms with Gasteiger partial charge >= 0.3 is 0 Å². The molecule has 2 fully saturated rings. The summed E-state index contributed by atoms with van der Waals surface area (Å²) in [7, 11) is 2.19. The number of carbonyl (C=O) groups excluding carboxylic acids is 1. The monoisotopic (exact) mass is 529 g/mol. The third kappa shape index (κ3) is 6.26. The summed E-state index contributed by atoms with van der Waals surface area (Å²) in [6, 6.07) is 5.87. The molecule has 2 aliphatic rings. The highest BCUT2D eigenvalue weighted by atomic mass is 79.9. The quantitative estimate of drug-likeness (QED) is 0.604. The minimum atomic E-state index is -0.0936. The van der Waals surface area contributed by atoms with Gasteiger partial charge in [-0.15, -0.1) is 12.4 Å². The van der Waals surface area contributed by atoms with E-state index in [-0.39, 0.29) is 30.5 Å². The van der Waals surface area contributed by atoms with E-state index < -0.39 is 0 Å². The molecule has 4 rings (SSSR count). The minimum Gasteiger partial charge on any atom is -0.451 e. The van der Waals surface area contributed by atoms with Gasteiger partial charge in [-0.1, -0.05) is 35.2 Å². The van der Waals surface area contributed by atoms with Crippen molar-refractivity contribution < 1.29 is 14.3 Å². The number of aryl methyl sites for hydroxylation is 1. The van der Waals surface area contributed by atoms with E-state index in [1.54, 1.807) is 6.92 Å². The first-order chi connectivity index (χ1) is 14.9. The standard InChI is InChI=1S/C22H30BrN3O2.C2H6O.ClH/c1-16-18-14-17(23)6-7-19(18)28-20(16)21(27)24-15-22(8-4-3-5-9-22)26-12-10-25(2)11-13-26;1-2-3;/h6-7,14H,3-5,8-13,15H2,1-2H3,(H,24,27);3H,2H2,1H3;1H. The number of rotatable bonds is 4. The molecule has 1 amide bonds. The van der Waals surface area contributed by atoms with Crippen LogP contribution in [-0.4, -0.2) is 72.7 Å². The Morgan fingerprint density at radius 1 is 1.19 bits per heavy atom. The molecule has 0 spiro atoms. The summed E-state index contributed by atoms with van der Waals surface area (Å²) >= 11 is 3.50. The Bertz CT molecular complexity index is 875. The second-order valence-electron chi connectivity index (χ2n) is 8.77. The van der Waals surface area contributed by atoms with Gasteiger partial charge in [0.2, 0.25) is 0 Å². The van der Waals surface area contributed by atoms with Crippen molar-refractivity contribution >= 4 is 45.2 Å². The molecule has 0 unspecified atom stereocenters. The Morgan fingerprint density at radius 2 is 1.81 bits per heavy atom. The molecule has 0 bridgehead atoms. The molecule has 180 valence electrons. The van der Waals surface area contributed by atoms with Crippen LogP contribution in [0.25, 0.3) is 11.0 Å². The number of benzene rings is 1. The predicted molar refractivity (Wildman–Crippen MR) is 136 cm³/mol. The van der Waals surface area contributed by atoms with Crippen LogP contribution in [0.5, 0.6) is 0 Å². The first-order valence-corrected chi connectivity index (χ1v) is 12.2. The molecule has 1 saturated heterocycles. The number of amides is 1. The van der Waals surface area contributed by atoms with Gasteiger partial charge in [0.05, 0.1) is 0 Å². The van der Waals surface area contributed by atoms with E-state index in [0.717, 1.165) is 47.2 Å². The molecule has 2 heterocycles. The highest BCUT2D eigenvalue weighted by Crippen LogP contribution is 2.34. The van der Waals surface area contributed by atoms with Gasteiger partial charge in [0.15, 0.2) is 5.76 Å². The van der Waals surface area contributed by atoms with Gasteiger partial charge in [-0.05, 0) is 51.9 Å². The highest BCUT2D eigenvalue weighted by Gasteiger charge is 2.39. The van der Waals surface area contributed by atoms with E-state index in [9.17, 15) is 4.79 Å². The van der Waals surface area contributed by atoms with Crippen LogP contribution < -0.4 is 5.32 Å². The molecule has 1 aliphatic carbocycles. The number of fused-ring (bicyclic) bond motifs is 1. The van der Waals surface area contributed by atoms with Gasteiger partial charge in [-0.3, -0.25) is 9.69 Å². The number of likely N-dealkylation sites (N-methyl/N-ethyl adjacent to an activating group) is 1. The molecule has 0 atom stereocenters. The molecule has 8 heteroatoms. The van der Waals surface area contributed by atoms with E-state index in [0.29, 0.717) is 12.3 Å². The van der Waals surface area contributed by atoms with Crippen LogP contribution in [-0.2, 0) is 0 Å². The highest BCUT2D eigenvalue weighted by molar-refractivity contribution is 9.10. The SMILES string of the molecule is CCO.Cc1c(C(=O)NCC2(N3CCN(C)CC3)CCCCC2)oc2ccc(Br)cc12.Cl. The van der Waals surface area contributed by atoms with Crippen LogP contribution in [0.3, 0.4) is 0 Å². The first kappa shape index (κ1) is 27.1. The third-order valence-electron chi connectivity index (χ3n) is 6.64. The van der Waals surface area contributed by atoms with Crippen LogP contribution in [0, 0.1) is 6.92 Å². The number of hydrogen-bond donors (Lipinski definition) is 2. The normalized spacial score (nSPS) is 19.0. The van der Waals surface area contributed by atoms with E-state index in [2.05, 4.69) is 38.1 Å². The van der Waals surface area contributed by atoms with Gasteiger partial charge in [-0.25, -0.2) is 0 Å². The summed E-state index contributed by atoms with van der Waals surface area (Å²) in [6.07, 6.45) is 6.15. The van der Waals surface area contributed by atoms with E-state index in [4.69, 9.17) is 9.52 Å². The Morgan fingerprint density at radius 3 is 2.44 bits per heavy atom.